The molecular formula is C16H25NO. The van der Waals surface area contributed by atoms with E-state index in [1.807, 2.05) is 0 Å². The number of piperidine rings is 1. The zero-order chi connectivity index (χ0) is 12.8. The molecule has 0 aliphatic carbocycles. The summed E-state index contributed by atoms with van der Waals surface area (Å²) in [7, 11) is 0. The van der Waals surface area contributed by atoms with Crippen LogP contribution in [0.4, 0.5) is 0 Å². The SMILES string of the molecule is CC(CCO)N1CCCCC1Cc1ccccc1. The quantitative estimate of drug-likeness (QED) is 0.865. The highest BCUT2D eigenvalue weighted by Crippen LogP contribution is 2.23. The lowest BCUT2D eigenvalue weighted by Crippen LogP contribution is -2.46. The molecule has 1 aromatic carbocycles. The zero-order valence-corrected chi connectivity index (χ0v) is 11.4. The summed E-state index contributed by atoms with van der Waals surface area (Å²) in [5.74, 6) is 0. The van der Waals surface area contributed by atoms with E-state index in [4.69, 9.17) is 5.11 Å². The maximum atomic E-state index is 9.12. The van der Waals surface area contributed by atoms with Crippen molar-refractivity contribution in [2.45, 2.75) is 51.1 Å². The second-order valence-corrected chi connectivity index (χ2v) is 5.44. The number of rotatable bonds is 5. The van der Waals surface area contributed by atoms with E-state index in [0.717, 1.165) is 12.8 Å². The number of benzene rings is 1. The first-order valence-electron chi connectivity index (χ1n) is 7.22. The molecule has 2 atom stereocenters. The average Bonchev–Trinajstić information content (AvgIpc) is 2.41. The van der Waals surface area contributed by atoms with Crippen molar-refractivity contribution in [3.63, 3.8) is 0 Å². The van der Waals surface area contributed by atoms with Gasteiger partial charge in [-0.3, -0.25) is 4.90 Å². The molecule has 2 nitrogen and oxygen atoms in total. The van der Waals surface area contributed by atoms with Gasteiger partial charge in [-0.1, -0.05) is 36.8 Å². The molecule has 1 fully saturated rings. The summed E-state index contributed by atoms with van der Waals surface area (Å²) < 4.78 is 0. The summed E-state index contributed by atoms with van der Waals surface area (Å²) in [6, 6.07) is 11.9. The molecule has 0 bridgehead atoms. The Morgan fingerprint density at radius 1 is 1.28 bits per heavy atom. The number of aliphatic hydroxyl groups excluding tert-OH is 1. The smallest absolute Gasteiger partial charge is 0.0445 e. The Kier molecular flexibility index (Phi) is 5.21. The van der Waals surface area contributed by atoms with Crippen LogP contribution in [0.3, 0.4) is 0 Å². The summed E-state index contributed by atoms with van der Waals surface area (Å²) in [5, 5.41) is 9.12. The molecule has 1 aromatic rings. The van der Waals surface area contributed by atoms with Crippen LogP contribution in [0.2, 0.25) is 0 Å². The van der Waals surface area contributed by atoms with Crippen molar-refractivity contribution in [3.05, 3.63) is 35.9 Å². The van der Waals surface area contributed by atoms with E-state index >= 15 is 0 Å². The third kappa shape index (κ3) is 3.56. The molecule has 1 saturated heterocycles. The van der Waals surface area contributed by atoms with Gasteiger partial charge in [0.25, 0.3) is 0 Å². The minimum Gasteiger partial charge on any atom is -0.396 e. The first kappa shape index (κ1) is 13.6. The van der Waals surface area contributed by atoms with Crippen molar-refractivity contribution in [1.29, 1.82) is 0 Å². The largest absolute Gasteiger partial charge is 0.396 e. The molecule has 0 saturated carbocycles. The summed E-state index contributed by atoms with van der Waals surface area (Å²) >= 11 is 0. The molecule has 2 rings (SSSR count). The molecule has 100 valence electrons. The first-order chi connectivity index (χ1) is 8.81. The van der Waals surface area contributed by atoms with E-state index in [9.17, 15) is 0 Å². The van der Waals surface area contributed by atoms with Gasteiger partial charge in [0, 0.05) is 18.7 Å². The van der Waals surface area contributed by atoms with Crippen LogP contribution in [-0.4, -0.2) is 35.2 Å². The molecule has 18 heavy (non-hydrogen) atoms. The van der Waals surface area contributed by atoms with Gasteiger partial charge < -0.3 is 5.11 Å². The first-order valence-corrected chi connectivity index (χ1v) is 7.22. The highest BCUT2D eigenvalue weighted by molar-refractivity contribution is 5.16. The van der Waals surface area contributed by atoms with Crippen molar-refractivity contribution >= 4 is 0 Å². The summed E-state index contributed by atoms with van der Waals surface area (Å²) in [6.07, 6.45) is 5.99. The minimum atomic E-state index is 0.301. The highest BCUT2D eigenvalue weighted by atomic mass is 16.3. The zero-order valence-electron chi connectivity index (χ0n) is 11.4. The third-order valence-electron chi connectivity index (χ3n) is 4.10. The lowest BCUT2D eigenvalue weighted by atomic mass is 9.93. The Morgan fingerprint density at radius 3 is 2.78 bits per heavy atom. The maximum absolute atomic E-state index is 9.12. The van der Waals surface area contributed by atoms with E-state index < -0.39 is 0 Å². The van der Waals surface area contributed by atoms with Crippen LogP contribution in [0.1, 0.15) is 38.2 Å². The fraction of sp³-hybridized carbons (Fsp3) is 0.625. The predicted molar refractivity (Wildman–Crippen MR) is 75.7 cm³/mol. The fourth-order valence-corrected chi connectivity index (χ4v) is 3.06. The summed E-state index contributed by atoms with van der Waals surface area (Å²) in [5.41, 5.74) is 1.44. The van der Waals surface area contributed by atoms with Crippen LogP contribution < -0.4 is 0 Å². The molecule has 1 aliphatic heterocycles. The predicted octanol–water partition coefficient (Wildman–Crippen LogP) is 2.85. The Labute approximate surface area is 111 Å². The molecule has 0 radical (unpaired) electrons. The average molecular weight is 247 g/mol. The minimum absolute atomic E-state index is 0.301. The van der Waals surface area contributed by atoms with Crippen molar-refractivity contribution in [2.75, 3.05) is 13.2 Å². The fourth-order valence-electron chi connectivity index (χ4n) is 3.06. The van der Waals surface area contributed by atoms with Crippen LogP contribution in [-0.2, 0) is 6.42 Å². The van der Waals surface area contributed by atoms with Crippen molar-refractivity contribution in [3.8, 4) is 0 Å². The van der Waals surface area contributed by atoms with Crippen LogP contribution in [0, 0.1) is 0 Å². The van der Waals surface area contributed by atoms with Gasteiger partial charge in [-0.25, -0.2) is 0 Å². The van der Waals surface area contributed by atoms with Crippen molar-refractivity contribution < 1.29 is 5.11 Å². The molecule has 2 unspecified atom stereocenters. The van der Waals surface area contributed by atoms with Gasteiger partial charge in [-0.15, -0.1) is 0 Å². The van der Waals surface area contributed by atoms with E-state index in [1.165, 1.54) is 31.4 Å². The monoisotopic (exact) mass is 247 g/mol. The van der Waals surface area contributed by atoms with Gasteiger partial charge in [0.2, 0.25) is 0 Å². The van der Waals surface area contributed by atoms with E-state index in [1.54, 1.807) is 0 Å². The Morgan fingerprint density at radius 2 is 2.06 bits per heavy atom. The standard InChI is InChI=1S/C16H25NO/c1-14(10-12-18)17-11-6-5-9-16(17)13-15-7-3-2-4-8-15/h2-4,7-8,14,16,18H,5-6,9-13H2,1H3. The third-order valence-corrected chi connectivity index (χ3v) is 4.10. The molecule has 1 N–H and O–H groups in total. The summed E-state index contributed by atoms with van der Waals surface area (Å²) in [4.78, 5) is 2.60. The highest BCUT2D eigenvalue weighted by Gasteiger charge is 2.26. The van der Waals surface area contributed by atoms with E-state index in [2.05, 4.69) is 42.2 Å². The topological polar surface area (TPSA) is 23.5 Å². The number of aliphatic hydroxyl groups is 1. The van der Waals surface area contributed by atoms with E-state index in [0.29, 0.717) is 18.7 Å². The number of hydrogen-bond acceptors (Lipinski definition) is 2. The lowest BCUT2D eigenvalue weighted by molar-refractivity contribution is 0.0865. The normalized spacial score (nSPS) is 22.9. The van der Waals surface area contributed by atoms with Crippen LogP contribution in [0.15, 0.2) is 30.3 Å². The number of nitrogens with zero attached hydrogens (tertiary/aromatic N) is 1. The van der Waals surface area contributed by atoms with Gasteiger partial charge in [0.05, 0.1) is 0 Å². The second-order valence-electron chi connectivity index (χ2n) is 5.44. The second kappa shape index (κ2) is 6.91. The van der Waals surface area contributed by atoms with Gasteiger partial charge in [0.15, 0.2) is 0 Å². The van der Waals surface area contributed by atoms with Crippen LogP contribution in [0.5, 0.6) is 0 Å². The molecule has 1 heterocycles. The molecule has 0 aromatic heterocycles. The Hall–Kier alpha value is -0.860. The van der Waals surface area contributed by atoms with Gasteiger partial charge >= 0.3 is 0 Å². The van der Waals surface area contributed by atoms with Gasteiger partial charge in [0.1, 0.15) is 0 Å². The van der Waals surface area contributed by atoms with Gasteiger partial charge in [-0.05, 0) is 44.7 Å². The van der Waals surface area contributed by atoms with Crippen molar-refractivity contribution in [2.24, 2.45) is 0 Å². The molecular weight excluding hydrogens is 222 g/mol. The molecule has 0 spiro atoms. The van der Waals surface area contributed by atoms with Crippen LogP contribution in [0.25, 0.3) is 0 Å². The van der Waals surface area contributed by atoms with Crippen LogP contribution >= 0.6 is 0 Å². The molecule has 2 heteroatoms. The number of hydrogen-bond donors (Lipinski definition) is 1. The molecule has 1 aliphatic rings. The van der Waals surface area contributed by atoms with Crippen molar-refractivity contribution in [1.82, 2.24) is 4.90 Å². The Balaban J connectivity index is 1.99. The Bertz CT molecular complexity index is 338. The number of likely N-dealkylation sites (tertiary alicyclic amines) is 1. The van der Waals surface area contributed by atoms with Gasteiger partial charge in [-0.2, -0.15) is 0 Å². The molecule has 0 amide bonds. The summed E-state index contributed by atoms with van der Waals surface area (Å²) in [6.45, 7) is 3.74. The maximum Gasteiger partial charge on any atom is 0.0445 e. The lowest BCUT2D eigenvalue weighted by Gasteiger charge is -2.40. The van der Waals surface area contributed by atoms with E-state index in [-0.39, 0.29) is 0 Å².